The van der Waals surface area contributed by atoms with Crippen LogP contribution in [0.4, 0.5) is 0 Å². The number of carbonyl (C=O) groups is 1. The Labute approximate surface area is 63.1 Å². The summed E-state index contributed by atoms with van der Waals surface area (Å²) in [6, 6.07) is 0. The predicted molar refractivity (Wildman–Crippen MR) is 34.3 cm³/mol. The van der Waals surface area contributed by atoms with Crippen molar-refractivity contribution in [2.75, 3.05) is 6.61 Å². The van der Waals surface area contributed by atoms with Gasteiger partial charge in [-0.2, -0.15) is 8.42 Å². The molecule has 0 fully saturated rings. The van der Waals surface area contributed by atoms with Crippen molar-refractivity contribution < 1.29 is 27.1 Å². The molecule has 0 aliphatic heterocycles. The van der Waals surface area contributed by atoms with E-state index < -0.39 is 28.5 Å². The fourth-order valence-corrected chi connectivity index (χ4v) is 0.467. The zero-order valence-electron chi connectivity index (χ0n) is 5.35. The van der Waals surface area contributed by atoms with Gasteiger partial charge in [-0.15, -0.1) is 0 Å². The first-order valence-electron chi connectivity index (χ1n) is 2.36. The molecular formula is C4H6O6S. The summed E-state index contributed by atoms with van der Waals surface area (Å²) in [5.74, 6) is -1.84. The number of ketones is 1. The van der Waals surface area contributed by atoms with Gasteiger partial charge in [0.1, 0.15) is 6.61 Å². The molecule has 0 aliphatic rings. The SMILES string of the molecule is C=C(O)C(=O)COS(=O)(=O)O. The Morgan fingerprint density at radius 1 is 1.55 bits per heavy atom. The number of aliphatic hydroxyl groups excluding tert-OH is 1. The molecule has 0 saturated carbocycles. The molecule has 0 radical (unpaired) electrons. The maximum absolute atomic E-state index is 10.3. The quantitative estimate of drug-likeness (QED) is 0.343. The standard InChI is InChI=1S/C4H6O6S/c1-3(5)4(6)2-10-11(7,8)9/h5H,1-2H2,(H,7,8,9). The van der Waals surface area contributed by atoms with Crippen molar-refractivity contribution in [3.8, 4) is 0 Å². The van der Waals surface area contributed by atoms with Crippen LogP contribution >= 0.6 is 0 Å². The summed E-state index contributed by atoms with van der Waals surface area (Å²) in [5, 5.41) is 8.32. The van der Waals surface area contributed by atoms with E-state index in [-0.39, 0.29) is 0 Å². The highest BCUT2D eigenvalue weighted by Gasteiger charge is 2.11. The van der Waals surface area contributed by atoms with Crippen LogP contribution in [0, 0.1) is 0 Å². The molecule has 2 N–H and O–H groups in total. The average Bonchev–Trinajstić information content (AvgIpc) is 1.80. The van der Waals surface area contributed by atoms with Crippen molar-refractivity contribution in [1.29, 1.82) is 0 Å². The second kappa shape index (κ2) is 3.46. The fraction of sp³-hybridized carbons (Fsp3) is 0.250. The lowest BCUT2D eigenvalue weighted by Gasteiger charge is -1.96. The van der Waals surface area contributed by atoms with Gasteiger partial charge in [0.2, 0.25) is 5.78 Å². The van der Waals surface area contributed by atoms with Crippen LogP contribution in [0.5, 0.6) is 0 Å². The van der Waals surface area contributed by atoms with E-state index in [1.807, 2.05) is 0 Å². The molecule has 0 atom stereocenters. The van der Waals surface area contributed by atoms with Gasteiger partial charge in [-0.05, 0) is 0 Å². The van der Waals surface area contributed by atoms with E-state index in [0.717, 1.165) is 0 Å². The fourth-order valence-electron chi connectivity index (χ4n) is 0.211. The van der Waals surface area contributed by atoms with Gasteiger partial charge in [-0.25, -0.2) is 4.18 Å². The monoisotopic (exact) mass is 182 g/mol. The highest BCUT2D eigenvalue weighted by molar-refractivity contribution is 7.80. The highest BCUT2D eigenvalue weighted by atomic mass is 32.3. The second-order valence-electron chi connectivity index (χ2n) is 1.56. The maximum atomic E-state index is 10.3. The molecule has 6 nitrogen and oxygen atoms in total. The first-order valence-corrected chi connectivity index (χ1v) is 3.72. The van der Waals surface area contributed by atoms with Crippen LogP contribution in [0.15, 0.2) is 12.3 Å². The van der Waals surface area contributed by atoms with Gasteiger partial charge in [0, 0.05) is 0 Å². The summed E-state index contributed by atoms with van der Waals surface area (Å²) in [6.45, 7) is 1.86. The molecule has 0 saturated heterocycles. The maximum Gasteiger partial charge on any atom is 0.397 e. The largest absolute Gasteiger partial charge is 0.505 e. The Hall–Kier alpha value is -0.920. The Balaban J connectivity index is 3.92. The lowest BCUT2D eigenvalue weighted by Crippen LogP contribution is -2.14. The van der Waals surface area contributed by atoms with Crippen molar-refractivity contribution in [2.24, 2.45) is 0 Å². The minimum atomic E-state index is -4.63. The molecule has 0 bridgehead atoms. The van der Waals surface area contributed by atoms with E-state index in [0.29, 0.717) is 0 Å². The molecule has 11 heavy (non-hydrogen) atoms. The number of rotatable bonds is 4. The Morgan fingerprint density at radius 2 is 2.00 bits per heavy atom. The third-order valence-electron chi connectivity index (χ3n) is 0.661. The van der Waals surface area contributed by atoms with Crippen molar-refractivity contribution in [3.63, 3.8) is 0 Å². The van der Waals surface area contributed by atoms with Crippen molar-refractivity contribution >= 4 is 16.2 Å². The summed E-state index contributed by atoms with van der Waals surface area (Å²) in [6.07, 6.45) is 0. The van der Waals surface area contributed by atoms with Gasteiger partial charge in [-0.1, -0.05) is 6.58 Å². The van der Waals surface area contributed by atoms with Gasteiger partial charge >= 0.3 is 10.4 Å². The van der Waals surface area contributed by atoms with Gasteiger partial charge in [0.25, 0.3) is 0 Å². The van der Waals surface area contributed by atoms with E-state index in [1.165, 1.54) is 0 Å². The van der Waals surface area contributed by atoms with Gasteiger partial charge in [0.15, 0.2) is 5.76 Å². The lowest BCUT2D eigenvalue weighted by molar-refractivity contribution is -0.119. The van der Waals surface area contributed by atoms with Crippen molar-refractivity contribution in [3.05, 3.63) is 12.3 Å². The summed E-state index contributed by atoms with van der Waals surface area (Å²) >= 11 is 0. The zero-order valence-corrected chi connectivity index (χ0v) is 6.17. The van der Waals surface area contributed by atoms with Crippen molar-refractivity contribution in [2.45, 2.75) is 0 Å². The predicted octanol–water partition coefficient (Wildman–Crippen LogP) is -0.553. The molecule has 0 amide bonds. The summed E-state index contributed by atoms with van der Waals surface area (Å²) in [4.78, 5) is 10.3. The van der Waals surface area contributed by atoms with Gasteiger partial charge in [-0.3, -0.25) is 9.35 Å². The molecule has 0 aliphatic carbocycles. The van der Waals surface area contributed by atoms with Crippen LogP contribution in [-0.4, -0.2) is 30.5 Å². The molecule has 0 aromatic rings. The van der Waals surface area contributed by atoms with Crippen LogP contribution in [0.3, 0.4) is 0 Å². The molecular weight excluding hydrogens is 176 g/mol. The first-order chi connectivity index (χ1) is 4.83. The number of carbonyl (C=O) groups excluding carboxylic acids is 1. The third kappa shape index (κ3) is 5.52. The molecule has 0 aromatic carbocycles. The lowest BCUT2D eigenvalue weighted by atomic mass is 10.4. The summed E-state index contributed by atoms with van der Waals surface area (Å²) in [7, 11) is -4.63. The normalized spacial score (nSPS) is 11.0. The van der Waals surface area contributed by atoms with Crippen LogP contribution in [0.2, 0.25) is 0 Å². The molecule has 64 valence electrons. The van der Waals surface area contributed by atoms with E-state index in [1.54, 1.807) is 0 Å². The minimum absolute atomic E-state index is 0.825. The van der Waals surface area contributed by atoms with Gasteiger partial charge in [0.05, 0.1) is 0 Å². The zero-order chi connectivity index (χ0) is 9.07. The Morgan fingerprint density at radius 3 is 2.27 bits per heavy atom. The van der Waals surface area contributed by atoms with Crippen LogP contribution in [-0.2, 0) is 19.4 Å². The van der Waals surface area contributed by atoms with Crippen LogP contribution in [0.1, 0.15) is 0 Å². The molecule has 7 heteroatoms. The Bertz CT molecular complexity index is 262. The van der Waals surface area contributed by atoms with Gasteiger partial charge < -0.3 is 5.11 Å². The van der Waals surface area contributed by atoms with E-state index in [2.05, 4.69) is 10.8 Å². The molecule has 0 rings (SSSR count). The Kier molecular flexibility index (Phi) is 3.18. The number of aliphatic hydroxyl groups is 1. The van der Waals surface area contributed by atoms with E-state index >= 15 is 0 Å². The van der Waals surface area contributed by atoms with E-state index in [4.69, 9.17) is 9.66 Å². The second-order valence-corrected chi connectivity index (χ2v) is 2.65. The minimum Gasteiger partial charge on any atom is -0.505 e. The number of Topliss-reactive ketones (excluding diaryl/α,β-unsaturated/α-hetero) is 1. The average molecular weight is 182 g/mol. The van der Waals surface area contributed by atoms with Crippen LogP contribution < -0.4 is 0 Å². The number of hydrogen-bond acceptors (Lipinski definition) is 5. The summed E-state index contributed by atoms with van der Waals surface area (Å²) in [5.41, 5.74) is 0. The van der Waals surface area contributed by atoms with Crippen molar-refractivity contribution in [1.82, 2.24) is 0 Å². The number of hydrogen-bond donors (Lipinski definition) is 2. The third-order valence-corrected chi connectivity index (χ3v) is 1.08. The first kappa shape index (κ1) is 10.1. The topological polar surface area (TPSA) is 101 Å². The molecule has 0 unspecified atom stereocenters. The molecule has 0 heterocycles. The molecule has 0 spiro atoms. The van der Waals surface area contributed by atoms with E-state index in [9.17, 15) is 13.2 Å². The van der Waals surface area contributed by atoms with Crippen LogP contribution in [0.25, 0.3) is 0 Å². The highest BCUT2D eigenvalue weighted by Crippen LogP contribution is 1.91. The summed E-state index contributed by atoms with van der Waals surface area (Å²) < 4.78 is 31.2. The molecule has 0 aromatic heterocycles. The smallest absolute Gasteiger partial charge is 0.397 e.